The third-order valence-corrected chi connectivity index (χ3v) is 16.5. The molecule has 2 atom stereocenters. The molecule has 3 N–H and O–H groups in total. The molecule has 0 aromatic rings. The molecule has 0 aliphatic heterocycles. The van der Waals surface area contributed by atoms with Crippen LogP contribution in [-0.2, 0) is 14.3 Å². The highest BCUT2D eigenvalue weighted by atomic mass is 16.5. The van der Waals surface area contributed by atoms with E-state index in [-0.39, 0.29) is 18.5 Å². The monoisotopic (exact) mass is 1130 g/mol. The number of ether oxygens (including phenoxy) is 1. The zero-order chi connectivity index (χ0) is 58.5. The number of nitrogens with one attached hydrogen (secondary N) is 1. The topological polar surface area (TPSA) is 95.9 Å². The highest BCUT2D eigenvalue weighted by molar-refractivity contribution is 5.76. The third-order valence-electron chi connectivity index (χ3n) is 16.5. The highest BCUT2D eigenvalue weighted by Gasteiger charge is 2.18. The summed E-state index contributed by atoms with van der Waals surface area (Å²) in [5.74, 6) is -0.0543. The standard InChI is InChI=1S/C75H139NO5/c1-3-5-7-9-11-13-15-16-17-18-36-40-43-46-49-53-57-61-65-69-75(80)81-70-66-62-58-54-50-47-44-41-38-35-33-31-29-27-25-23-21-19-20-22-24-26-28-30-32-34-37-39-42-45-48-52-56-60-64-68-74(79)76-72(71-77)73(78)67-63-59-55-51-14-12-10-8-6-4-2/h11,13,16-17,21,23,27,29,63,67,72-73,77-78H,3-10,12,14-15,18-20,22,24-26,28,30-62,64-66,68-71H2,1-2H3,(H,76,79)/b13-11-,17-16-,23-21-,29-27-,67-63+. The van der Waals surface area contributed by atoms with Crippen LogP contribution in [0.1, 0.15) is 380 Å². The first-order valence-corrected chi connectivity index (χ1v) is 36.1. The Kier molecular flexibility index (Phi) is 67.9. The van der Waals surface area contributed by atoms with E-state index in [9.17, 15) is 19.8 Å². The normalized spacial score (nSPS) is 12.9. The molecule has 0 aliphatic rings. The van der Waals surface area contributed by atoms with Crippen LogP contribution in [0.15, 0.2) is 60.8 Å². The molecule has 0 fully saturated rings. The second-order valence-electron chi connectivity index (χ2n) is 24.6. The number of amides is 1. The first-order chi connectivity index (χ1) is 40.0. The summed E-state index contributed by atoms with van der Waals surface area (Å²) in [5, 5.41) is 23.0. The van der Waals surface area contributed by atoms with Crippen molar-refractivity contribution in [2.24, 2.45) is 0 Å². The highest BCUT2D eigenvalue weighted by Crippen LogP contribution is 2.18. The number of hydrogen-bond acceptors (Lipinski definition) is 5. The number of esters is 1. The van der Waals surface area contributed by atoms with E-state index in [1.54, 1.807) is 6.08 Å². The summed E-state index contributed by atoms with van der Waals surface area (Å²) < 4.78 is 5.51. The summed E-state index contributed by atoms with van der Waals surface area (Å²) in [6, 6.07) is -0.625. The van der Waals surface area contributed by atoms with Crippen molar-refractivity contribution in [3.05, 3.63) is 60.8 Å². The lowest BCUT2D eigenvalue weighted by Gasteiger charge is -2.20. The first kappa shape index (κ1) is 78.6. The van der Waals surface area contributed by atoms with Crippen LogP contribution in [0.3, 0.4) is 0 Å². The smallest absolute Gasteiger partial charge is 0.305 e. The van der Waals surface area contributed by atoms with E-state index < -0.39 is 12.1 Å². The Bertz CT molecular complexity index is 1400. The van der Waals surface area contributed by atoms with Gasteiger partial charge in [-0.15, -0.1) is 0 Å². The van der Waals surface area contributed by atoms with E-state index in [1.807, 2.05) is 6.08 Å². The second kappa shape index (κ2) is 70.0. The molecule has 2 unspecified atom stereocenters. The molecule has 6 heteroatoms. The maximum absolute atomic E-state index is 12.4. The lowest BCUT2D eigenvalue weighted by Crippen LogP contribution is -2.45. The number of carbonyl (C=O) groups excluding carboxylic acids is 2. The van der Waals surface area contributed by atoms with Gasteiger partial charge >= 0.3 is 5.97 Å². The largest absolute Gasteiger partial charge is 0.466 e. The van der Waals surface area contributed by atoms with Crippen LogP contribution < -0.4 is 5.32 Å². The Morgan fingerprint density at radius 1 is 0.346 bits per heavy atom. The summed E-state index contributed by atoms with van der Waals surface area (Å²) in [4.78, 5) is 24.5. The fraction of sp³-hybridized carbons (Fsp3) is 0.840. The van der Waals surface area contributed by atoms with Gasteiger partial charge in [0.25, 0.3) is 0 Å². The fourth-order valence-corrected chi connectivity index (χ4v) is 11.0. The van der Waals surface area contributed by atoms with Crippen molar-refractivity contribution in [2.75, 3.05) is 13.2 Å². The van der Waals surface area contributed by atoms with Crippen LogP contribution in [-0.4, -0.2) is 47.4 Å². The number of rotatable bonds is 67. The minimum Gasteiger partial charge on any atom is -0.466 e. The summed E-state index contributed by atoms with van der Waals surface area (Å²) in [5.41, 5.74) is 0. The maximum atomic E-state index is 12.4. The number of allylic oxidation sites excluding steroid dienone is 9. The van der Waals surface area contributed by atoms with Crippen molar-refractivity contribution in [1.29, 1.82) is 0 Å². The molecule has 0 rings (SSSR count). The van der Waals surface area contributed by atoms with Crippen LogP contribution in [0.5, 0.6) is 0 Å². The Morgan fingerprint density at radius 2 is 0.617 bits per heavy atom. The third kappa shape index (κ3) is 66.6. The van der Waals surface area contributed by atoms with Gasteiger partial charge in [-0.3, -0.25) is 9.59 Å². The van der Waals surface area contributed by atoms with Gasteiger partial charge in [0.1, 0.15) is 0 Å². The van der Waals surface area contributed by atoms with Gasteiger partial charge in [-0.1, -0.05) is 331 Å². The van der Waals surface area contributed by atoms with Gasteiger partial charge in [0.15, 0.2) is 0 Å². The summed E-state index contributed by atoms with van der Waals surface area (Å²) in [7, 11) is 0. The quantitative estimate of drug-likeness (QED) is 0.0320. The molecular formula is C75H139NO5. The van der Waals surface area contributed by atoms with Gasteiger partial charge in [-0.2, -0.15) is 0 Å². The molecule has 0 saturated carbocycles. The molecule has 0 saturated heterocycles. The lowest BCUT2D eigenvalue weighted by atomic mass is 10.0. The van der Waals surface area contributed by atoms with Crippen molar-refractivity contribution in [2.45, 2.75) is 392 Å². The predicted octanol–water partition coefficient (Wildman–Crippen LogP) is 23.4. The van der Waals surface area contributed by atoms with Crippen LogP contribution >= 0.6 is 0 Å². The van der Waals surface area contributed by atoms with E-state index in [2.05, 4.69) is 67.8 Å². The molecule has 474 valence electrons. The van der Waals surface area contributed by atoms with Crippen LogP contribution in [0.25, 0.3) is 0 Å². The number of unbranched alkanes of at least 4 members (excludes halogenated alkanes) is 48. The Balaban J connectivity index is 3.36. The molecule has 0 aliphatic carbocycles. The van der Waals surface area contributed by atoms with Crippen molar-refractivity contribution in [3.8, 4) is 0 Å². The predicted molar refractivity (Wildman–Crippen MR) is 356 cm³/mol. The Labute approximate surface area is 505 Å². The van der Waals surface area contributed by atoms with Crippen molar-refractivity contribution in [1.82, 2.24) is 5.32 Å². The molecular weight excluding hydrogens is 995 g/mol. The van der Waals surface area contributed by atoms with Crippen LogP contribution in [0.2, 0.25) is 0 Å². The van der Waals surface area contributed by atoms with E-state index in [1.165, 1.54) is 295 Å². The molecule has 0 bridgehead atoms. The SMILES string of the molecule is CCCCC/C=C\C/C=C\CCCCCCCCCCCC(=O)OCCCCCCCCCCCCC/C=C\C/C=C\CCCCCCCCCCCCCCCCCCCC(=O)NC(CO)C(O)/C=C/CCCCCCCCCC. The molecule has 1 amide bonds. The van der Waals surface area contributed by atoms with Crippen molar-refractivity contribution in [3.63, 3.8) is 0 Å². The van der Waals surface area contributed by atoms with Gasteiger partial charge in [0, 0.05) is 12.8 Å². The zero-order valence-electron chi connectivity index (χ0n) is 54.3. The maximum Gasteiger partial charge on any atom is 0.305 e. The Hall–Kier alpha value is -2.44. The van der Waals surface area contributed by atoms with Gasteiger partial charge in [-0.25, -0.2) is 0 Å². The average molecular weight is 1130 g/mol. The molecule has 0 heterocycles. The first-order valence-electron chi connectivity index (χ1n) is 36.1. The molecule has 0 radical (unpaired) electrons. The number of aliphatic hydroxyl groups excluding tert-OH is 2. The van der Waals surface area contributed by atoms with Crippen molar-refractivity contribution >= 4 is 11.9 Å². The minimum absolute atomic E-state index is 0.0126. The van der Waals surface area contributed by atoms with Gasteiger partial charge in [0.05, 0.1) is 25.4 Å². The average Bonchev–Trinajstić information content (AvgIpc) is 3.47. The molecule has 81 heavy (non-hydrogen) atoms. The van der Waals surface area contributed by atoms with Crippen LogP contribution in [0, 0.1) is 0 Å². The summed E-state index contributed by atoms with van der Waals surface area (Å²) in [6.45, 7) is 4.87. The minimum atomic E-state index is -0.841. The molecule has 6 nitrogen and oxygen atoms in total. The lowest BCUT2D eigenvalue weighted by molar-refractivity contribution is -0.143. The van der Waals surface area contributed by atoms with Gasteiger partial charge in [-0.05, 0) is 96.3 Å². The van der Waals surface area contributed by atoms with Crippen LogP contribution in [0.4, 0.5) is 0 Å². The van der Waals surface area contributed by atoms with E-state index in [0.29, 0.717) is 19.4 Å². The van der Waals surface area contributed by atoms with E-state index in [0.717, 1.165) is 57.8 Å². The summed E-state index contributed by atoms with van der Waals surface area (Å²) in [6.07, 6.45) is 93.2. The van der Waals surface area contributed by atoms with Crippen molar-refractivity contribution < 1.29 is 24.5 Å². The zero-order valence-corrected chi connectivity index (χ0v) is 54.3. The van der Waals surface area contributed by atoms with E-state index in [4.69, 9.17) is 4.74 Å². The van der Waals surface area contributed by atoms with Gasteiger partial charge in [0.2, 0.25) is 5.91 Å². The van der Waals surface area contributed by atoms with Gasteiger partial charge < -0.3 is 20.3 Å². The molecule has 0 aromatic carbocycles. The fourth-order valence-electron chi connectivity index (χ4n) is 11.0. The number of hydrogen-bond donors (Lipinski definition) is 3. The number of aliphatic hydroxyl groups is 2. The number of carbonyl (C=O) groups is 2. The van der Waals surface area contributed by atoms with E-state index >= 15 is 0 Å². The summed E-state index contributed by atoms with van der Waals surface area (Å²) >= 11 is 0. The second-order valence-corrected chi connectivity index (χ2v) is 24.6. The molecule has 0 aromatic heterocycles. The Morgan fingerprint density at radius 3 is 0.963 bits per heavy atom. The molecule has 0 spiro atoms.